The Kier molecular flexibility index (Phi) is 3.88. The number of hydrogen-bond acceptors (Lipinski definition) is 3. The summed E-state index contributed by atoms with van der Waals surface area (Å²) < 4.78 is 0. The summed E-state index contributed by atoms with van der Waals surface area (Å²) in [6.07, 6.45) is 12.3. The number of aromatic amines is 1. The van der Waals surface area contributed by atoms with Crippen molar-refractivity contribution < 1.29 is 4.79 Å². The molecule has 1 aromatic carbocycles. The summed E-state index contributed by atoms with van der Waals surface area (Å²) >= 11 is 0. The standard InChI is InChI=1S/C23H16N4O/c28-23-19(17-5-1-2-6-20(17)25-23)12-16-7-9-18-21(26-27-22(18)13-16)10-8-15-4-3-11-24-14-15/h1-4,6-7,9,11-14,17H,5H2,(H,25,28)(H,26,27)/b19-12+. The minimum Gasteiger partial charge on any atom is -0.325 e. The smallest absolute Gasteiger partial charge is 0.252 e. The number of aromatic nitrogens is 3. The highest BCUT2D eigenvalue weighted by Gasteiger charge is 2.32. The molecule has 1 saturated heterocycles. The van der Waals surface area contributed by atoms with E-state index in [9.17, 15) is 4.79 Å². The normalized spacial score (nSPS) is 19.1. The predicted molar refractivity (Wildman–Crippen MR) is 108 cm³/mol. The molecule has 2 N–H and O–H groups in total. The number of allylic oxidation sites excluding steroid dienone is 4. The number of carbonyl (C=O) groups is 1. The third-order valence-corrected chi connectivity index (χ3v) is 4.95. The average molecular weight is 364 g/mol. The van der Waals surface area contributed by atoms with Gasteiger partial charge in [0.15, 0.2) is 0 Å². The van der Waals surface area contributed by atoms with E-state index >= 15 is 0 Å². The predicted octanol–water partition coefficient (Wildman–Crippen LogP) is 3.33. The zero-order valence-electron chi connectivity index (χ0n) is 14.9. The molecule has 3 aromatic rings. The lowest BCUT2D eigenvalue weighted by atomic mass is 9.91. The SMILES string of the molecule is O=C1NC2=CC=CCC2/C1=C\c1ccc2c(C#Cc3cccnc3)[nH]nc2c1. The van der Waals surface area contributed by atoms with Crippen LogP contribution in [0.15, 0.2) is 72.2 Å². The molecule has 0 spiro atoms. The summed E-state index contributed by atoms with van der Waals surface area (Å²) in [5.74, 6) is 6.30. The third-order valence-electron chi connectivity index (χ3n) is 4.95. The molecule has 5 rings (SSSR count). The van der Waals surface area contributed by atoms with Crippen molar-refractivity contribution in [1.29, 1.82) is 0 Å². The van der Waals surface area contributed by atoms with Gasteiger partial charge in [-0.1, -0.05) is 24.1 Å². The van der Waals surface area contributed by atoms with E-state index in [0.717, 1.165) is 45.4 Å². The zero-order valence-corrected chi connectivity index (χ0v) is 14.9. The Morgan fingerprint density at radius 2 is 2.18 bits per heavy atom. The van der Waals surface area contributed by atoms with Crippen molar-refractivity contribution in [3.05, 3.63) is 89.0 Å². The molecule has 28 heavy (non-hydrogen) atoms. The average Bonchev–Trinajstić information content (AvgIpc) is 3.28. The van der Waals surface area contributed by atoms with Gasteiger partial charge < -0.3 is 5.32 Å². The third kappa shape index (κ3) is 2.91. The van der Waals surface area contributed by atoms with Crippen molar-refractivity contribution >= 4 is 22.9 Å². The van der Waals surface area contributed by atoms with Gasteiger partial charge in [-0.25, -0.2) is 0 Å². The van der Waals surface area contributed by atoms with E-state index in [4.69, 9.17) is 0 Å². The second-order valence-electron chi connectivity index (χ2n) is 6.76. The van der Waals surface area contributed by atoms with Crippen LogP contribution in [0.2, 0.25) is 0 Å². The molecule has 1 aliphatic carbocycles. The van der Waals surface area contributed by atoms with Crippen LogP contribution in [-0.4, -0.2) is 21.1 Å². The van der Waals surface area contributed by atoms with Crippen molar-refractivity contribution in [2.24, 2.45) is 5.92 Å². The highest BCUT2D eigenvalue weighted by molar-refractivity contribution is 6.03. The summed E-state index contributed by atoms with van der Waals surface area (Å²) in [7, 11) is 0. The summed E-state index contributed by atoms with van der Waals surface area (Å²) in [6, 6.07) is 9.73. The quantitative estimate of drug-likeness (QED) is 0.514. The number of H-pyrrole nitrogens is 1. The lowest BCUT2D eigenvalue weighted by Crippen LogP contribution is -2.13. The Bertz CT molecular complexity index is 1240. The number of carbonyl (C=O) groups excluding carboxylic acids is 1. The number of fused-ring (bicyclic) bond motifs is 2. The minimum absolute atomic E-state index is 0.0231. The summed E-state index contributed by atoms with van der Waals surface area (Å²) in [6.45, 7) is 0. The van der Waals surface area contributed by atoms with Crippen LogP contribution in [0.25, 0.3) is 17.0 Å². The molecule has 0 bridgehead atoms. The van der Waals surface area contributed by atoms with Gasteiger partial charge in [-0.3, -0.25) is 14.9 Å². The topological polar surface area (TPSA) is 70.7 Å². The van der Waals surface area contributed by atoms with Gasteiger partial charge in [-0.2, -0.15) is 5.10 Å². The first-order chi connectivity index (χ1) is 13.8. The van der Waals surface area contributed by atoms with Crippen LogP contribution in [0.5, 0.6) is 0 Å². The number of benzene rings is 1. The summed E-state index contributed by atoms with van der Waals surface area (Å²) in [5, 5.41) is 11.3. The maximum atomic E-state index is 12.3. The van der Waals surface area contributed by atoms with Crippen LogP contribution in [0.4, 0.5) is 0 Å². The Morgan fingerprint density at radius 1 is 1.21 bits per heavy atom. The fourth-order valence-electron chi connectivity index (χ4n) is 3.55. The van der Waals surface area contributed by atoms with Gasteiger partial charge in [0.25, 0.3) is 5.91 Å². The van der Waals surface area contributed by atoms with E-state index in [1.54, 1.807) is 12.4 Å². The molecule has 134 valence electrons. The molecule has 5 nitrogen and oxygen atoms in total. The molecule has 1 unspecified atom stereocenters. The maximum absolute atomic E-state index is 12.3. The molecule has 2 aliphatic rings. The van der Waals surface area contributed by atoms with Crippen molar-refractivity contribution in [2.45, 2.75) is 6.42 Å². The highest BCUT2D eigenvalue weighted by Crippen LogP contribution is 2.33. The summed E-state index contributed by atoms with van der Waals surface area (Å²) in [4.78, 5) is 16.4. The molecule has 1 fully saturated rings. The fraction of sp³-hybridized carbons (Fsp3) is 0.0870. The molecule has 0 radical (unpaired) electrons. The van der Waals surface area contributed by atoms with Crippen LogP contribution < -0.4 is 5.32 Å². The van der Waals surface area contributed by atoms with E-state index in [0.29, 0.717) is 0 Å². The van der Waals surface area contributed by atoms with Crippen molar-refractivity contribution in [2.75, 3.05) is 0 Å². The Morgan fingerprint density at radius 3 is 3.07 bits per heavy atom. The van der Waals surface area contributed by atoms with Gasteiger partial charge >= 0.3 is 0 Å². The lowest BCUT2D eigenvalue weighted by molar-refractivity contribution is -0.115. The fourth-order valence-corrected chi connectivity index (χ4v) is 3.55. The first kappa shape index (κ1) is 16.3. The molecule has 0 saturated carbocycles. The first-order valence-corrected chi connectivity index (χ1v) is 9.08. The van der Waals surface area contributed by atoms with Crippen LogP contribution in [0.1, 0.15) is 23.2 Å². The number of nitrogens with one attached hydrogen (secondary N) is 2. The largest absolute Gasteiger partial charge is 0.325 e. The molecule has 1 amide bonds. The van der Waals surface area contributed by atoms with Crippen LogP contribution in [-0.2, 0) is 4.79 Å². The zero-order chi connectivity index (χ0) is 18.9. The maximum Gasteiger partial charge on any atom is 0.252 e. The van der Waals surface area contributed by atoms with Gasteiger partial charge in [0.05, 0.1) is 5.52 Å². The van der Waals surface area contributed by atoms with Gasteiger partial charge in [-0.15, -0.1) is 0 Å². The second kappa shape index (κ2) is 6.67. The summed E-state index contributed by atoms with van der Waals surface area (Å²) in [5.41, 5.74) is 5.16. The van der Waals surface area contributed by atoms with E-state index in [1.165, 1.54) is 0 Å². The minimum atomic E-state index is -0.0231. The number of amides is 1. The van der Waals surface area contributed by atoms with E-state index in [-0.39, 0.29) is 11.8 Å². The first-order valence-electron chi connectivity index (χ1n) is 9.08. The number of hydrogen-bond donors (Lipinski definition) is 2. The van der Waals surface area contributed by atoms with Gasteiger partial charge in [0, 0.05) is 40.5 Å². The van der Waals surface area contributed by atoms with E-state index in [1.807, 2.05) is 48.6 Å². The van der Waals surface area contributed by atoms with Crippen molar-refractivity contribution in [1.82, 2.24) is 20.5 Å². The highest BCUT2D eigenvalue weighted by atomic mass is 16.2. The molecular formula is C23H16N4O. The Balaban J connectivity index is 1.47. The second-order valence-corrected chi connectivity index (χ2v) is 6.76. The van der Waals surface area contributed by atoms with Crippen molar-refractivity contribution in [3.8, 4) is 11.8 Å². The number of rotatable bonds is 1. The Hall–Kier alpha value is -3.91. The Labute approximate surface area is 161 Å². The lowest BCUT2D eigenvalue weighted by Gasteiger charge is -2.11. The monoisotopic (exact) mass is 364 g/mol. The molecule has 5 heteroatoms. The van der Waals surface area contributed by atoms with Gasteiger partial charge in [0.1, 0.15) is 5.69 Å². The van der Waals surface area contributed by atoms with Crippen LogP contribution in [0.3, 0.4) is 0 Å². The van der Waals surface area contributed by atoms with E-state index < -0.39 is 0 Å². The molecular weight excluding hydrogens is 348 g/mol. The number of pyridine rings is 1. The van der Waals surface area contributed by atoms with Crippen LogP contribution in [0, 0.1) is 17.8 Å². The molecule has 1 atom stereocenters. The van der Waals surface area contributed by atoms with Gasteiger partial charge in [-0.05, 0) is 54.3 Å². The van der Waals surface area contributed by atoms with Crippen molar-refractivity contribution in [3.63, 3.8) is 0 Å². The number of nitrogens with zero attached hydrogens (tertiary/aromatic N) is 2. The van der Waals surface area contributed by atoms with Gasteiger partial charge in [0.2, 0.25) is 0 Å². The molecule has 1 aliphatic heterocycles. The van der Waals surface area contributed by atoms with E-state index in [2.05, 4.69) is 38.4 Å². The molecule has 3 heterocycles. The molecule has 2 aromatic heterocycles. The van der Waals surface area contributed by atoms with Crippen LogP contribution >= 0.6 is 0 Å².